The molecule has 4 nitrogen and oxygen atoms in total. The molecule has 3 N–H and O–H groups in total. The van der Waals surface area contributed by atoms with Gasteiger partial charge in [-0.15, -0.1) is 0 Å². The molecule has 1 aromatic carbocycles. The van der Waals surface area contributed by atoms with Crippen molar-refractivity contribution in [3.8, 4) is 5.75 Å². The molecule has 0 aliphatic carbocycles. The molecular formula is C15H22F2N2O2. The van der Waals surface area contributed by atoms with E-state index in [4.69, 9.17) is 5.73 Å². The van der Waals surface area contributed by atoms with Gasteiger partial charge < -0.3 is 15.8 Å². The molecule has 0 spiro atoms. The summed E-state index contributed by atoms with van der Waals surface area (Å²) < 4.78 is 28.7. The number of benzene rings is 1. The minimum Gasteiger partial charge on any atom is -0.435 e. The van der Waals surface area contributed by atoms with E-state index in [0.29, 0.717) is 12.1 Å². The van der Waals surface area contributed by atoms with E-state index in [9.17, 15) is 13.6 Å². The SMILES string of the molecule is CCCC(CN)C(=O)NC(C)c1cccc(OC(F)F)c1. The number of carbonyl (C=O) groups is 1. The molecule has 21 heavy (non-hydrogen) atoms. The van der Waals surface area contributed by atoms with Gasteiger partial charge in [0.1, 0.15) is 5.75 Å². The molecule has 0 radical (unpaired) electrons. The van der Waals surface area contributed by atoms with Crippen LogP contribution in [0.15, 0.2) is 24.3 Å². The molecule has 1 aromatic rings. The summed E-state index contributed by atoms with van der Waals surface area (Å²) >= 11 is 0. The number of hydrogen-bond acceptors (Lipinski definition) is 3. The third-order valence-electron chi connectivity index (χ3n) is 3.23. The highest BCUT2D eigenvalue weighted by molar-refractivity contribution is 5.79. The maximum absolute atomic E-state index is 12.2. The number of rotatable bonds is 8. The molecule has 2 unspecified atom stereocenters. The summed E-state index contributed by atoms with van der Waals surface area (Å²) in [5, 5.41) is 2.85. The Hall–Kier alpha value is -1.69. The summed E-state index contributed by atoms with van der Waals surface area (Å²) in [6, 6.07) is 6.01. The second-order valence-corrected chi connectivity index (χ2v) is 4.90. The Morgan fingerprint density at radius 2 is 2.14 bits per heavy atom. The van der Waals surface area contributed by atoms with Crippen LogP contribution in [0.3, 0.4) is 0 Å². The van der Waals surface area contributed by atoms with Crippen molar-refractivity contribution < 1.29 is 18.3 Å². The number of amides is 1. The van der Waals surface area contributed by atoms with E-state index in [2.05, 4.69) is 10.1 Å². The Bertz CT molecular complexity index is 455. The van der Waals surface area contributed by atoms with Crippen molar-refractivity contribution in [3.05, 3.63) is 29.8 Å². The van der Waals surface area contributed by atoms with Gasteiger partial charge >= 0.3 is 6.61 Å². The zero-order chi connectivity index (χ0) is 15.8. The lowest BCUT2D eigenvalue weighted by Crippen LogP contribution is -2.36. The first kappa shape index (κ1) is 17.4. The Kier molecular flexibility index (Phi) is 7.08. The van der Waals surface area contributed by atoms with E-state index in [0.717, 1.165) is 12.8 Å². The van der Waals surface area contributed by atoms with Crippen molar-refractivity contribution in [2.24, 2.45) is 11.7 Å². The van der Waals surface area contributed by atoms with Crippen molar-refractivity contribution in [1.29, 1.82) is 0 Å². The minimum atomic E-state index is -2.86. The molecule has 0 aliphatic heterocycles. The molecule has 0 bridgehead atoms. The fourth-order valence-corrected chi connectivity index (χ4v) is 2.08. The van der Waals surface area contributed by atoms with Gasteiger partial charge in [-0.05, 0) is 31.0 Å². The third kappa shape index (κ3) is 5.67. The van der Waals surface area contributed by atoms with Crippen LogP contribution >= 0.6 is 0 Å². The fraction of sp³-hybridized carbons (Fsp3) is 0.533. The summed E-state index contributed by atoms with van der Waals surface area (Å²) in [7, 11) is 0. The highest BCUT2D eigenvalue weighted by Crippen LogP contribution is 2.21. The summed E-state index contributed by atoms with van der Waals surface area (Å²) in [6.45, 7) is 1.21. The van der Waals surface area contributed by atoms with Gasteiger partial charge in [0.25, 0.3) is 0 Å². The predicted molar refractivity (Wildman–Crippen MR) is 77.1 cm³/mol. The number of halogens is 2. The Morgan fingerprint density at radius 1 is 1.43 bits per heavy atom. The monoisotopic (exact) mass is 300 g/mol. The highest BCUT2D eigenvalue weighted by atomic mass is 19.3. The number of hydrogen-bond donors (Lipinski definition) is 2. The number of ether oxygens (including phenoxy) is 1. The first-order valence-electron chi connectivity index (χ1n) is 7.03. The van der Waals surface area contributed by atoms with Gasteiger partial charge in [0, 0.05) is 6.54 Å². The maximum atomic E-state index is 12.2. The largest absolute Gasteiger partial charge is 0.435 e. The molecule has 0 aliphatic rings. The van der Waals surface area contributed by atoms with Crippen molar-refractivity contribution in [1.82, 2.24) is 5.32 Å². The standard InChI is InChI=1S/C15H22F2N2O2/c1-3-5-12(9-18)14(20)19-10(2)11-6-4-7-13(8-11)21-15(16)17/h4,6-8,10,12,15H,3,5,9,18H2,1-2H3,(H,19,20). The van der Waals surface area contributed by atoms with Gasteiger partial charge in [-0.25, -0.2) is 0 Å². The third-order valence-corrected chi connectivity index (χ3v) is 3.23. The van der Waals surface area contributed by atoms with E-state index < -0.39 is 6.61 Å². The molecule has 2 atom stereocenters. The number of alkyl halides is 2. The molecule has 0 saturated heterocycles. The minimum absolute atomic E-state index is 0.0764. The van der Waals surface area contributed by atoms with Crippen LogP contribution in [0.4, 0.5) is 8.78 Å². The summed E-state index contributed by atoms with van der Waals surface area (Å²) in [4.78, 5) is 12.1. The van der Waals surface area contributed by atoms with Gasteiger partial charge in [0.15, 0.2) is 0 Å². The molecule has 0 saturated carbocycles. The second-order valence-electron chi connectivity index (χ2n) is 4.90. The average molecular weight is 300 g/mol. The van der Waals surface area contributed by atoms with E-state index in [-0.39, 0.29) is 23.6 Å². The van der Waals surface area contributed by atoms with Gasteiger partial charge in [-0.1, -0.05) is 25.5 Å². The predicted octanol–water partition coefficient (Wildman–Crippen LogP) is 2.84. The molecule has 0 heterocycles. The van der Waals surface area contributed by atoms with Gasteiger partial charge in [0.05, 0.1) is 12.0 Å². The number of carbonyl (C=O) groups excluding carboxylic acids is 1. The number of nitrogens with two attached hydrogens (primary N) is 1. The average Bonchev–Trinajstić information content (AvgIpc) is 2.44. The van der Waals surface area contributed by atoms with Crippen LogP contribution < -0.4 is 15.8 Å². The summed E-state index contributed by atoms with van der Waals surface area (Å²) in [6.07, 6.45) is 1.60. The molecule has 1 amide bonds. The van der Waals surface area contributed by atoms with Crippen molar-refractivity contribution in [2.45, 2.75) is 39.3 Å². The lowest BCUT2D eigenvalue weighted by molar-refractivity contribution is -0.125. The van der Waals surface area contributed by atoms with Gasteiger partial charge in [-0.2, -0.15) is 8.78 Å². The van der Waals surface area contributed by atoms with E-state index in [1.165, 1.54) is 12.1 Å². The highest BCUT2D eigenvalue weighted by Gasteiger charge is 2.18. The van der Waals surface area contributed by atoms with Crippen molar-refractivity contribution in [3.63, 3.8) is 0 Å². The lowest BCUT2D eigenvalue weighted by atomic mass is 10.0. The lowest BCUT2D eigenvalue weighted by Gasteiger charge is -2.19. The topological polar surface area (TPSA) is 64.4 Å². The Balaban J connectivity index is 2.70. The number of nitrogens with one attached hydrogen (secondary N) is 1. The zero-order valence-electron chi connectivity index (χ0n) is 12.3. The van der Waals surface area contributed by atoms with Crippen LogP contribution in [-0.4, -0.2) is 19.1 Å². The fourth-order valence-electron chi connectivity index (χ4n) is 2.08. The van der Waals surface area contributed by atoms with Gasteiger partial charge in [0.2, 0.25) is 5.91 Å². The van der Waals surface area contributed by atoms with Crippen LogP contribution in [0.25, 0.3) is 0 Å². The Morgan fingerprint density at radius 3 is 2.71 bits per heavy atom. The molecule has 6 heteroatoms. The van der Waals surface area contributed by atoms with Crippen LogP contribution in [0.2, 0.25) is 0 Å². The normalized spacial score (nSPS) is 13.8. The molecular weight excluding hydrogens is 278 g/mol. The van der Waals surface area contributed by atoms with Crippen LogP contribution in [0.5, 0.6) is 5.75 Å². The first-order valence-corrected chi connectivity index (χ1v) is 7.03. The smallest absolute Gasteiger partial charge is 0.387 e. The zero-order valence-corrected chi connectivity index (χ0v) is 12.3. The first-order chi connectivity index (χ1) is 9.97. The Labute approximate surface area is 123 Å². The van der Waals surface area contributed by atoms with Gasteiger partial charge in [-0.3, -0.25) is 4.79 Å². The molecule has 0 fully saturated rings. The molecule has 0 aromatic heterocycles. The van der Waals surface area contributed by atoms with E-state index in [1.54, 1.807) is 19.1 Å². The molecule has 118 valence electrons. The van der Waals surface area contributed by atoms with Crippen LogP contribution in [-0.2, 0) is 4.79 Å². The molecule has 1 rings (SSSR count). The summed E-state index contributed by atoms with van der Waals surface area (Å²) in [5.74, 6) is -0.266. The van der Waals surface area contributed by atoms with Crippen LogP contribution in [0, 0.1) is 5.92 Å². The van der Waals surface area contributed by atoms with Crippen molar-refractivity contribution in [2.75, 3.05) is 6.54 Å². The maximum Gasteiger partial charge on any atom is 0.387 e. The van der Waals surface area contributed by atoms with Crippen LogP contribution in [0.1, 0.15) is 38.3 Å². The summed E-state index contributed by atoms with van der Waals surface area (Å²) in [5.41, 5.74) is 6.29. The van der Waals surface area contributed by atoms with Crippen molar-refractivity contribution >= 4 is 5.91 Å². The van der Waals surface area contributed by atoms with E-state index in [1.807, 2.05) is 6.92 Å². The quantitative estimate of drug-likeness (QED) is 0.776. The van der Waals surface area contributed by atoms with E-state index >= 15 is 0 Å². The second kappa shape index (κ2) is 8.56.